The summed E-state index contributed by atoms with van der Waals surface area (Å²) >= 11 is 0. The summed E-state index contributed by atoms with van der Waals surface area (Å²) in [4.78, 5) is 44.7. The molecule has 4 heterocycles. The number of amides is 3. The van der Waals surface area contributed by atoms with Crippen LogP contribution in [0.15, 0.2) is 12.2 Å². The third kappa shape index (κ3) is 2.92. The van der Waals surface area contributed by atoms with Gasteiger partial charge in [-0.05, 0) is 19.8 Å². The van der Waals surface area contributed by atoms with Gasteiger partial charge < -0.3 is 19.4 Å². The monoisotopic (exact) mass is 401 g/mol. The van der Waals surface area contributed by atoms with Crippen molar-refractivity contribution >= 4 is 17.7 Å². The van der Waals surface area contributed by atoms with Gasteiger partial charge in [0.2, 0.25) is 17.7 Å². The van der Waals surface area contributed by atoms with Gasteiger partial charge in [0.25, 0.3) is 0 Å². The maximum atomic E-state index is 13.5. The van der Waals surface area contributed by atoms with Crippen LogP contribution in [0.4, 0.5) is 0 Å². The molecule has 0 aromatic rings. The fourth-order valence-corrected chi connectivity index (χ4v) is 6.13. The van der Waals surface area contributed by atoms with E-state index in [0.717, 1.165) is 25.7 Å². The lowest BCUT2D eigenvalue weighted by Gasteiger charge is -2.36. The third-order valence-corrected chi connectivity index (χ3v) is 7.69. The Hall–Kier alpha value is -1.89. The molecule has 0 unspecified atom stereocenters. The molecular weight excluding hydrogens is 370 g/mol. The highest BCUT2D eigenvalue weighted by Crippen LogP contribution is 2.53. The number of ether oxygens (including phenoxy) is 1. The number of hydrogen-bond acceptors (Lipinski definition) is 4. The summed E-state index contributed by atoms with van der Waals surface area (Å²) < 4.78 is 6.28. The Morgan fingerprint density at radius 1 is 1.17 bits per heavy atom. The highest BCUT2D eigenvalue weighted by atomic mass is 16.5. The molecule has 3 amide bonds. The minimum Gasteiger partial charge on any atom is -0.360 e. The number of carbonyl (C=O) groups excluding carboxylic acids is 3. The summed E-state index contributed by atoms with van der Waals surface area (Å²) in [6, 6.07) is 0.270. The zero-order chi connectivity index (χ0) is 20.2. The smallest absolute Gasteiger partial charge is 0.242 e. The maximum Gasteiger partial charge on any atom is 0.242 e. The van der Waals surface area contributed by atoms with Crippen molar-refractivity contribution in [2.45, 2.75) is 63.2 Å². The van der Waals surface area contributed by atoms with Gasteiger partial charge >= 0.3 is 0 Å². The van der Waals surface area contributed by atoms with Crippen molar-refractivity contribution < 1.29 is 19.1 Å². The fourth-order valence-electron chi connectivity index (χ4n) is 6.13. The lowest BCUT2D eigenvalue weighted by atomic mass is 9.76. The predicted octanol–water partition coefficient (Wildman–Crippen LogP) is 1.18. The van der Waals surface area contributed by atoms with E-state index in [-0.39, 0.29) is 36.4 Å². The first kappa shape index (κ1) is 19.1. The number of piperazine rings is 1. The SMILES string of the molecule is CCN1CCN(C(=O)[C@H]2[C@@H]3C=C[C@@]4(CN(C5CCCCCC5)C(=O)[C@@H]24)O3)CC1=O. The summed E-state index contributed by atoms with van der Waals surface area (Å²) in [6.45, 7) is 4.39. The predicted molar refractivity (Wildman–Crippen MR) is 106 cm³/mol. The first-order chi connectivity index (χ1) is 14.0. The van der Waals surface area contributed by atoms with Crippen LogP contribution in [0.2, 0.25) is 0 Å². The molecule has 0 aromatic heterocycles. The zero-order valence-electron chi connectivity index (χ0n) is 17.2. The molecule has 7 nitrogen and oxygen atoms in total. The fraction of sp³-hybridized carbons (Fsp3) is 0.773. The molecule has 5 aliphatic rings. The molecule has 0 N–H and O–H groups in total. The van der Waals surface area contributed by atoms with Gasteiger partial charge in [-0.2, -0.15) is 0 Å². The molecule has 4 fully saturated rings. The van der Waals surface area contributed by atoms with Gasteiger partial charge in [0, 0.05) is 25.7 Å². The van der Waals surface area contributed by atoms with Gasteiger partial charge in [-0.3, -0.25) is 14.4 Å². The highest BCUT2D eigenvalue weighted by molar-refractivity contribution is 5.94. The summed E-state index contributed by atoms with van der Waals surface area (Å²) in [6.07, 6.45) is 10.6. The average Bonchev–Trinajstić information content (AvgIpc) is 3.27. The normalized spacial score (nSPS) is 37.4. The largest absolute Gasteiger partial charge is 0.360 e. The molecule has 5 rings (SSSR count). The van der Waals surface area contributed by atoms with Crippen molar-refractivity contribution in [2.24, 2.45) is 11.8 Å². The van der Waals surface area contributed by atoms with Gasteiger partial charge in [0.1, 0.15) is 5.60 Å². The van der Waals surface area contributed by atoms with Crippen molar-refractivity contribution in [1.29, 1.82) is 0 Å². The molecular formula is C22H31N3O4. The van der Waals surface area contributed by atoms with Crippen LogP contribution in [0.5, 0.6) is 0 Å². The third-order valence-electron chi connectivity index (χ3n) is 7.69. The van der Waals surface area contributed by atoms with E-state index in [0.29, 0.717) is 26.2 Å². The van der Waals surface area contributed by atoms with Crippen LogP contribution in [-0.2, 0) is 19.1 Å². The minimum absolute atomic E-state index is 0.0146. The summed E-state index contributed by atoms with van der Waals surface area (Å²) in [5.41, 5.74) is -0.649. The molecule has 7 heteroatoms. The van der Waals surface area contributed by atoms with Crippen molar-refractivity contribution in [3.8, 4) is 0 Å². The van der Waals surface area contributed by atoms with E-state index in [1.807, 2.05) is 24.0 Å². The van der Waals surface area contributed by atoms with Crippen LogP contribution in [0.25, 0.3) is 0 Å². The number of likely N-dealkylation sites (N-methyl/N-ethyl adjacent to an activating group) is 1. The van der Waals surface area contributed by atoms with Crippen molar-refractivity contribution in [3.05, 3.63) is 12.2 Å². The second kappa shape index (κ2) is 7.11. The zero-order valence-corrected chi connectivity index (χ0v) is 17.2. The van der Waals surface area contributed by atoms with Gasteiger partial charge in [-0.1, -0.05) is 37.8 Å². The molecule has 2 bridgehead atoms. The first-order valence-corrected chi connectivity index (χ1v) is 11.3. The van der Waals surface area contributed by atoms with E-state index in [4.69, 9.17) is 4.74 Å². The minimum atomic E-state index is -0.649. The Morgan fingerprint density at radius 2 is 1.93 bits per heavy atom. The molecule has 29 heavy (non-hydrogen) atoms. The second-order valence-electron chi connectivity index (χ2n) is 9.24. The summed E-state index contributed by atoms with van der Waals surface area (Å²) in [5.74, 6) is -0.955. The first-order valence-electron chi connectivity index (χ1n) is 11.3. The van der Waals surface area contributed by atoms with E-state index in [1.165, 1.54) is 12.8 Å². The summed E-state index contributed by atoms with van der Waals surface area (Å²) in [7, 11) is 0. The topological polar surface area (TPSA) is 70.2 Å². The quantitative estimate of drug-likeness (QED) is 0.526. The van der Waals surface area contributed by atoms with Gasteiger partial charge in [-0.15, -0.1) is 0 Å². The Morgan fingerprint density at radius 3 is 2.62 bits per heavy atom. The molecule has 4 aliphatic heterocycles. The van der Waals surface area contributed by atoms with Crippen LogP contribution in [-0.4, -0.2) is 82.9 Å². The van der Waals surface area contributed by atoms with Crippen LogP contribution in [0.1, 0.15) is 45.4 Å². The van der Waals surface area contributed by atoms with Gasteiger partial charge in [0.05, 0.1) is 31.0 Å². The number of nitrogens with zero attached hydrogens (tertiary/aromatic N) is 3. The maximum absolute atomic E-state index is 13.5. The number of carbonyl (C=O) groups is 3. The molecule has 0 radical (unpaired) electrons. The molecule has 4 atom stereocenters. The van der Waals surface area contributed by atoms with E-state index in [1.54, 1.807) is 9.80 Å². The molecule has 0 aromatic carbocycles. The van der Waals surface area contributed by atoms with Crippen LogP contribution < -0.4 is 0 Å². The van der Waals surface area contributed by atoms with Crippen molar-refractivity contribution in [3.63, 3.8) is 0 Å². The van der Waals surface area contributed by atoms with E-state index in [9.17, 15) is 14.4 Å². The van der Waals surface area contributed by atoms with Gasteiger partial charge in [-0.25, -0.2) is 0 Å². The Labute approximate surface area is 172 Å². The Bertz CT molecular complexity index is 744. The lowest BCUT2D eigenvalue weighted by molar-refractivity contribution is -0.150. The standard InChI is InChI=1S/C22H31N3O4/c1-2-23-11-12-24(13-17(23)26)20(27)18-16-9-10-22(29-16)14-25(21(28)19(18)22)15-7-5-3-4-6-8-15/h9-10,15-16,18-19H,2-8,11-14H2,1H3/t16-,18-,19+,22-/m0/s1. The van der Waals surface area contributed by atoms with Crippen LogP contribution >= 0.6 is 0 Å². The molecule has 1 spiro atoms. The van der Waals surface area contributed by atoms with Crippen molar-refractivity contribution in [1.82, 2.24) is 14.7 Å². The number of hydrogen-bond donors (Lipinski definition) is 0. The Kier molecular flexibility index (Phi) is 4.68. The number of fused-ring (bicyclic) bond motifs is 1. The van der Waals surface area contributed by atoms with Crippen LogP contribution in [0, 0.1) is 11.8 Å². The molecule has 1 saturated carbocycles. The Balaban J connectivity index is 1.36. The van der Waals surface area contributed by atoms with E-state index < -0.39 is 17.4 Å². The number of rotatable bonds is 3. The molecule has 158 valence electrons. The summed E-state index contributed by atoms with van der Waals surface area (Å²) in [5, 5.41) is 0. The van der Waals surface area contributed by atoms with Gasteiger partial charge in [0.15, 0.2) is 0 Å². The van der Waals surface area contributed by atoms with E-state index >= 15 is 0 Å². The lowest BCUT2D eigenvalue weighted by Crippen LogP contribution is -2.55. The van der Waals surface area contributed by atoms with Crippen LogP contribution in [0.3, 0.4) is 0 Å². The van der Waals surface area contributed by atoms with Crippen molar-refractivity contribution in [2.75, 3.05) is 32.7 Å². The molecule has 3 saturated heterocycles. The highest BCUT2D eigenvalue weighted by Gasteiger charge is 2.67. The second-order valence-corrected chi connectivity index (χ2v) is 9.24. The average molecular weight is 402 g/mol. The molecule has 1 aliphatic carbocycles. The number of likely N-dealkylation sites (tertiary alicyclic amines) is 1. The van der Waals surface area contributed by atoms with E-state index in [2.05, 4.69) is 0 Å².